The summed E-state index contributed by atoms with van der Waals surface area (Å²) in [5.74, 6) is 5.49. The number of hydrogen-bond acceptors (Lipinski definition) is 2. The number of nitrogens with two attached hydrogens (primary N) is 1. The summed E-state index contributed by atoms with van der Waals surface area (Å²) in [5, 5.41) is 0. The zero-order valence-electron chi connectivity index (χ0n) is 9.53. The van der Waals surface area contributed by atoms with E-state index in [0.717, 1.165) is 12.8 Å². The smallest absolute Gasteiger partial charge is 0.0396 e. The van der Waals surface area contributed by atoms with Crippen molar-refractivity contribution < 1.29 is 0 Å². The van der Waals surface area contributed by atoms with Crippen LogP contribution in [0.3, 0.4) is 0 Å². The second-order valence-electron chi connectivity index (χ2n) is 4.04. The Labute approximate surface area is 92.2 Å². The Balaban J connectivity index is 2.45. The molecule has 0 fully saturated rings. The van der Waals surface area contributed by atoms with E-state index in [1.807, 2.05) is 6.07 Å². The van der Waals surface area contributed by atoms with Gasteiger partial charge < -0.3 is 0 Å². The molecule has 0 aliphatic rings. The fourth-order valence-electron chi connectivity index (χ4n) is 1.58. The lowest BCUT2D eigenvalue weighted by Gasteiger charge is -2.12. The van der Waals surface area contributed by atoms with Crippen molar-refractivity contribution in [2.24, 2.45) is 5.84 Å². The molecule has 0 saturated heterocycles. The third-order valence-corrected chi connectivity index (χ3v) is 2.34. The van der Waals surface area contributed by atoms with Crippen LogP contribution in [0.15, 0.2) is 42.0 Å². The van der Waals surface area contributed by atoms with Gasteiger partial charge in [-0.3, -0.25) is 11.3 Å². The van der Waals surface area contributed by atoms with E-state index in [0.29, 0.717) is 0 Å². The third kappa shape index (κ3) is 4.77. The first-order valence-electron chi connectivity index (χ1n) is 5.37. The van der Waals surface area contributed by atoms with Gasteiger partial charge in [0.25, 0.3) is 0 Å². The number of nitrogens with one attached hydrogen (secondary N) is 1. The van der Waals surface area contributed by atoms with E-state index in [-0.39, 0.29) is 6.04 Å². The van der Waals surface area contributed by atoms with Crippen LogP contribution in [0.4, 0.5) is 0 Å². The molecule has 0 spiro atoms. The number of allylic oxidation sites excluding steroid dienone is 1. The van der Waals surface area contributed by atoms with Crippen molar-refractivity contribution in [1.29, 1.82) is 0 Å². The minimum absolute atomic E-state index is 0.273. The highest BCUT2D eigenvalue weighted by atomic mass is 15.2. The standard InChI is InChI=1S/C13H20N2/c1-11(2)10-13(15-14)9-8-12-6-4-3-5-7-12/h3-7,10,13,15H,8-9,14H2,1-2H3. The number of rotatable bonds is 5. The number of hydrogen-bond donors (Lipinski definition) is 2. The van der Waals surface area contributed by atoms with Crippen molar-refractivity contribution in [1.82, 2.24) is 5.43 Å². The molecule has 1 aromatic rings. The summed E-state index contributed by atoms with van der Waals surface area (Å²) in [7, 11) is 0. The molecule has 0 aromatic heterocycles. The second kappa shape index (κ2) is 6.38. The Morgan fingerprint density at radius 3 is 2.53 bits per heavy atom. The first kappa shape index (κ1) is 12.0. The summed E-state index contributed by atoms with van der Waals surface area (Å²) in [6.45, 7) is 4.18. The molecule has 0 saturated carbocycles. The van der Waals surface area contributed by atoms with Crippen LogP contribution in [-0.4, -0.2) is 6.04 Å². The van der Waals surface area contributed by atoms with Gasteiger partial charge in [0, 0.05) is 6.04 Å². The van der Waals surface area contributed by atoms with Gasteiger partial charge in [-0.05, 0) is 32.3 Å². The molecule has 3 N–H and O–H groups in total. The van der Waals surface area contributed by atoms with E-state index in [1.165, 1.54) is 11.1 Å². The van der Waals surface area contributed by atoms with E-state index >= 15 is 0 Å². The lowest BCUT2D eigenvalue weighted by atomic mass is 10.0. The second-order valence-corrected chi connectivity index (χ2v) is 4.04. The maximum Gasteiger partial charge on any atom is 0.0396 e. The van der Waals surface area contributed by atoms with E-state index in [4.69, 9.17) is 5.84 Å². The number of hydrazine groups is 1. The normalized spacial score (nSPS) is 12.2. The summed E-state index contributed by atoms with van der Waals surface area (Å²) in [6, 6.07) is 10.8. The summed E-state index contributed by atoms with van der Waals surface area (Å²) in [6.07, 6.45) is 4.26. The van der Waals surface area contributed by atoms with Crippen molar-refractivity contribution in [2.45, 2.75) is 32.7 Å². The monoisotopic (exact) mass is 204 g/mol. The predicted octanol–water partition coefficient (Wildman–Crippen LogP) is 2.42. The molecule has 0 bridgehead atoms. The topological polar surface area (TPSA) is 38.0 Å². The fraction of sp³-hybridized carbons (Fsp3) is 0.385. The Kier molecular flexibility index (Phi) is 5.08. The fourth-order valence-corrected chi connectivity index (χ4v) is 1.58. The van der Waals surface area contributed by atoms with Gasteiger partial charge >= 0.3 is 0 Å². The van der Waals surface area contributed by atoms with Gasteiger partial charge in [-0.15, -0.1) is 0 Å². The molecule has 1 aromatic carbocycles. The van der Waals surface area contributed by atoms with Crippen LogP contribution in [0.25, 0.3) is 0 Å². The molecule has 0 heterocycles. The maximum absolute atomic E-state index is 5.49. The van der Waals surface area contributed by atoms with Crippen LogP contribution in [-0.2, 0) is 6.42 Å². The Bertz CT molecular complexity index is 300. The lowest BCUT2D eigenvalue weighted by molar-refractivity contribution is 0.574. The largest absolute Gasteiger partial charge is 0.271 e. The molecule has 0 aliphatic carbocycles. The van der Waals surface area contributed by atoms with Gasteiger partial charge in [-0.25, -0.2) is 0 Å². The molecule has 0 aliphatic heterocycles. The van der Waals surface area contributed by atoms with Crippen molar-refractivity contribution in [3.05, 3.63) is 47.5 Å². The minimum atomic E-state index is 0.273. The summed E-state index contributed by atoms with van der Waals surface area (Å²) in [5.41, 5.74) is 5.49. The third-order valence-electron chi connectivity index (χ3n) is 2.34. The average molecular weight is 204 g/mol. The first-order valence-corrected chi connectivity index (χ1v) is 5.37. The molecule has 1 unspecified atom stereocenters. The van der Waals surface area contributed by atoms with Crippen molar-refractivity contribution >= 4 is 0 Å². The lowest BCUT2D eigenvalue weighted by Crippen LogP contribution is -2.34. The molecule has 0 radical (unpaired) electrons. The SMILES string of the molecule is CC(C)=CC(CCc1ccccc1)NN. The molecular weight excluding hydrogens is 184 g/mol. The van der Waals surface area contributed by atoms with Crippen molar-refractivity contribution in [3.63, 3.8) is 0 Å². The highest BCUT2D eigenvalue weighted by molar-refractivity contribution is 5.15. The first-order chi connectivity index (χ1) is 7.22. The van der Waals surface area contributed by atoms with Crippen LogP contribution < -0.4 is 11.3 Å². The van der Waals surface area contributed by atoms with Crippen molar-refractivity contribution in [3.8, 4) is 0 Å². The molecule has 0 amide bonds. The Hall–Kier alpha value is -1.12. The molecule has 82 valence electrons. The average Bonchev–Trinajstić information content (AvgIpc) is 2.25. The van der Waals surface area contributed by atoms with Crippen molar-refractivity contribution in [2.75, 3.05) is 0 Å². The highest BCUT2D eigenvalue weighted by Crippen LogP contribution is 2.06. The molecular formula is C13H20N2. The molecule has 15 heavy (non-hydrogen) atoms. The number of benzene rings is 1. The predicted molar refractivity (Wildman–Crippen MR) is 65.3 cm³/mol. The molecule has 1 rings (SSSR count). The van der Waals surface area contributed by atoms with Crippen LogP contribution in [0, 0.1) is 0 Å². The van der Waals surface area contributed by atoms with Crippen LogP contribution in [0.1, 0.15) is 25.8 Å². The van der Waals surface area contributed by atoms with Crippen LogP contribution in [0.2, 0.25) is 0 Å². The van der Waals surface area contributed by atoms with Gasteiger partial charge in [0.1, 0.15) is 0 Å². The van der Waals surface area contributed by atoms with Gasteiger partial charge in [0.15, 0.2) is 0 Å². The zero-order valence-corrected chi connectivity index (χ0v) is 9.53. The highest BCUT2D eigenvalue weighted by Gasteiger charge is 2.02. The van der Waals surface area contributed by atoms with Crippen LogP contribution in [0.5, 0.6) is 0 Å². The van der Waals surface area contributed by atoms with E-state index in [1.54, 1.807) is 0 Å². The quantitative estimate of drug-likeness (QED) is 0.439. The molecule has 2 heteroatoms. The molecule has 2 nitrogen and oxygen atoms in total. The molecule has 1 atom stereocenters. The van der Waals surface area contributed by atoms with Crippen LogP contribution >= 0.6 is 0 Å². The summed E-state index contributed by atoms with van der Waals surface area (Å²) >= 11 is 0. The van der Waals surface area contributed by atoms with Gasteiger partial charge in [0.2, 0.25) is 0 Å². The van der Waals surface area contributed by atoms with E-state index in [2.05, 4.69) is 49.6 Å². The Morgan fingerprint density at radius 1 is 1.33 bits per heavy atom. The van der Waals surface area contributed by atoms with Gasteiger partial charge in [-0.2, -0.15) is 0 Å². The van der Waals surface area contributed by atoms with E-state index in [9.17, 15) is 0 Å². The zero-order chi connectivity index (χ0) is 11.1. The maximum atomic E-state index is 5.49. The summed E-state index contributed by atoms with van der Waals surface area (Å²) < 4.78 is 0. The van der Waals surface area contributed by atoms with Gasteiger partial charge in [-0.1, -0.05) is 42.0 Å². The van der Waals surface area contributed by atoms with Gasteiger partial charge in [0.05, 0.1) is 0 Å². The summed E-state index contributed by atoms with van der Waals surface area (Å²) in [4.78, 5) is 0. The van der Waals surface area contributed by atoms with E-state index < -0.39 is 0 Å². The minimum Gasteiger partial charge on any atom is -0.271 e. The number of aryl methyl sites for hydroxylation is 1. The Morgan fingerprint density at radius 2 is 2.00 bits per heavy atom.